The first kappa shape index (κ1) is 22.0. The third-order valence-electron chi connectivity index (χ3n) is 5.07. The normalized spacial score (nSPS) is 12.7. The monoisotopic (exact) mass is 442 g/mol. The summed E-state index contributed by atoms with van der Waals surface area (Å²) in [6.07, 6.45) is 5.57. The fourth-order valence-electron chi connectivity index (χ4n) is 3.31. The summed E-state index contributed by atoms with van der Waals surface area (Å²) < 4.78 is 10.8. The third kappa shape index (κ3) is 6.13. The van der Waals surface area contributed by atoms with E-state index in [1.807, 2.05) is 30.3 Å². The van der Waals surface area contributed by atoms with Crippen LogP contribution in [0.25, 0.3) is 6.08 Å². The smallest absolute Gasteiger partial charge is 0.331 e. The largest absolute Gasteiger partial charge is 0.487 e. The van der Waals surface area contributed by atoms with Crippen molar-refractivity contribution in [2.45, 2.75) is 19.4 Å². The molecule has 2 aromatic carbocycles. The van der Waals surface area contributed by atoms with E-state index in [4.69, 9.17) is 9.47 Å². The number of aromatic nitrogens is 1. The van der Waals surface area contributed by atoms with Gasteiger partial charge in [-0.15, -0.1) is 0 Å². The number of hydrogen-bond acceptors (Lipinski definition) is 6. The number of fused-ring (bicyclic) bond motifs is 1. The summed E-state index contributed by atoms with van der Waals surface area (Å²) in [6.45, 7) is 0.0177. The van der Waals surface area contributed by atoms with Gasteiger partial charge in [0, 0.05) is 29.9 Å². The lowest BCUT2D eigenvalue weighted by atomic mass is 9.99. The molecular weight excluding hydrogens is 420 g/mol. The van der Waals surface area contributed by atoms with E-state index in [0.29, 0.717) is 30.8 Å². The SMILES string of the molecule is O=C1CCc2cc(C(=O)COC(=O)C=Cc3ccc(OCc4ccccn4)cc3)ccc2N1. The highest BCUT2D eigenvalue weighted by Gasteiger charge is 2.17. The topological polar surface area (TPSA) is 94.6 Å². The molecule has 1 N–H and O–H groups in total. The Morgan fingerprint density at radius 1 is 1.03 bits per heavy atom. The molecule has 0 saturated heterocycles. The van der Waals surface area contributed by atoms with Crippen molar-refractivity contribution in [2.75, 3.05) is 11.9 Å². The number of pyridine rings is 1. The zero-order valence-corrected chi connectivity index (χ0v) is 17.8. The predicted molar refractivity (Wildman–Crippen MR) is 123 cm³/mol. The summed E-state index contributed by atoms with van der Waals surface area (Å²) >= 11 is 0. The Kier molecular flexibility index (Phi) is 6.90. The van der Waals surface area contributed by atoms with Gasteiger partial charge in [-0.25, -0.2) is 4.79 Å². The van der Waals surface area contributed by atoms with E-state index in [1.165, 1.54) is 6.08 Å². The molecular formula is C26H22N2O5. The number of aryl methyl sites for hydroxylation is 1. The number of ether oxygens (including phenoxy) is 2. The highest BCUT2D eigenvalue weighted by molar-refractivity contribution is 6.00. The molecule has 0 unspecified atom stereocenters. The van der Waals surface area contributed by atoms with Gasteiger partial charge in [-0.3, -0.25) is 14.6 Å². The Morgan fingerprint density at radius 3 is 2.67 bits per heavy atom. The van der Waals surface area contributed by atoms with Gasteiger partial charge in [0.05, 0.1) is 5.69 Å². The molecule has 1 aromatic heterocycles. The number of benzene rings is 2. The number of anilines is 1. The molecule has 33 heavy (non-hydrogen) atoms. The summed E-state index contributed by atoms with van der Waals surface area (Å²) in [4.78, 5) is 40.0. The van der Waals surface area contributed by atoms with Crippen LogP contribution < -0.4 is 10.1 Å². The number of ketones is 1. The number of esters is 1. The quantitative estimate of drug-likeness (QED) is 0.322. The lowest BCUT2D eigenvalue weighted by Gasteiger charge is -2.17. The van der Waals surface area contributed by atoms with Crippen LogP contribution in [-0.2, 0) is 27.4 Å². The Labute approximate surface area is 191 Å². The van der Waals surface area contributed by atoms with Crippen LogP contribution >= 0.6 is 0 Å². The summed E-state index contributed by atoms with van der Waals surface area (Å²) in [5.41, 5.74) is 3.69. The molecule has 1 amide bonds. The molecule has 4 rings (SSSR count). The Balaban J connectivity index is 1.25. The van der Waals surface area contributed by atoms with Gasteiger partial charge in [0.25, 0.3) is 0 Å². The number of nitrogens with one attached hydrogen (secondary N) is 1. The second-order valence-electron chi connectivity index (χ2n) is 7.46. The van der Waals surface area contributed by atoms with E-state index in [2.05, 4.69) is 10.3 Å². The zero-order chi connectivity index (χ0) is 23.0. The van der Waals surface area contributed by atoms with E-state index in [-0.39, 0.29) is 18.3 Å². The van der Waals surface area contributed by atoms with E-state index >= 15 is 0 Å². The van der Waals surface area contributed by atoms with E-state index in [1.54, 1.807) is 42.6 Å². The summed E-state index contributed by atoms with van der Waals surface area (Å²) in [5, 5.41) is 2.77. The van der Waals surface area contributed by atoms with Gasteiger partial charge in [-0.1, -0.05) is 18.2 Å². The van der Waals surface area contributed by atoms with Crippen molar-refractivity contribution >= 4 is 29.4 Å². The molecule has 2 heterocycles. The van der Waals surface area contributed by atoms with Gasteiger partial charge in [-0.05, 0) is 66.1 Å². The number of Topliss-reactive ketones (excluding diaryl/α,β-unsaturated/α-hetero) is 1. The molecule has 0 atom stereocenters. The second kappa shape index (κ2) is 10.4. The van der Waals surface area contributed by atoms with Crippen LogP contribution in [0.2, 0.25) is 0 Å². The average Bonchev–Trinajstić information content (AvgIpc) is 2.85. The predicted octanol–water partition coefficient (Wildman–Crippen LogP) is 3.98. The van der Waals surface area contributed by atoms with Crippen LogP contribution in [0, 0.1) is 0 Å². The number of amides is 1. The van der Waals surface area contributed by atoms with Gasteiger partial charge in [-0.2, -0.15) is 0 Å². The van der Waals surface area contributed by atoms with Crippen LogP contribution in [-0.4, -0.2) is 29.3 Å². The van der Waals surface area contributed by atoms with Crippen LogP contribution in [0.1, 0.15) is 33.6 Å². The molecule has 166 valence electrons. The first-order chi connectivity index (χ1) is 16.1. The van der Waals surface area contributed by atoms with Crippen LogP contribution in [0.15, 0.2) is 72.9 Å². The molecule has 7 heteroatoms. The summed E-state index contributed by atoms with van der Waals surface area (Å²) in [6, 6.07) is 17.9. The van der Waals surface area contributed by atoms with Crippen molar-refractivity contribution in [3.63, 3.8) is 0 Å². The molecule has 1 aliphatic rings. The van der Waals surface area contributed by atoms with Crippen molar-refractivity contribution in [3.8, 4) is 5.75 Å². The maximum atomic E-state index is 12.4. The van der Waals surface area contributed by atoms with Crippen LogP contribution in [0.4, 0.5) is 5.69 Å². The molecule has 0 spiro atoms. The molecule has 0 bridgehead atoms. The first-order valence-corrected chi connectivity index (χ1v) is 10.5. The minimum absolute atomic E-state index is 0.0334. The lowest BCUT2D eigenvalue weighted by molar-refractivity contribution is -0.136. The van der Waals surface area contributed by atoms with Crippen molar-refractivity contribution in [1.29, 1.82) is 0 Å². The zero-order valence-electron chi connectivity index (χ0n) is 17.8. The maximum Gasteiger partial charge on any atom is 0.331 e. The number of nitrogens with zero attached hydrogens (tertiary/aromatic N) is 1. The maximum absolute atomic E-state index is 12.4. The molecule has 3 aromatic rings. The standard InChI is InChI=1S/C26H22N2O5/c29-24(20-7-11-23-19(15-20)8-12-25(30)28-23)17-33-26(31)13-6-18-4-9-22(10-5-18)32-16-21-3-1-2-14-27-21/h1-7,9-11,13-15H,8,12,16-17H2,(H,28,30). The minimum atomic E-state index is -0.607. The van der Waals surface area contributed by atoms with E-state index < -0.39 is 5.97 Å². The fourth-order valence-corrected chi connectivity index (χ4v) is 3.31. The molecule has 0 fully saturated rings. The molecule has 7 nitrogen and oxygen atoms in total. The second-order valence-corrected chi connectivity index (χ2v) is 7.46. The minimum Gasteiger partial charge on any atom is -0.487 e. The number of carbonyl (C=O) groups excluding carboxylic acids is 3. The summed E-state index contributed by atoms with van der Waals surface area (Å²) in [7, 11) is 0. The highest BCUT2D eigenvalue weighted by Crippen LogP contribution is 2.23. The Morgan fingerprint density at radius 2 is 1.88 bits per heavy atom. The molecule has 0 radical (unpaired) electrons. The molecule has 0 aliphatic carbocycles. The third-order valence-corrected chi connectivity index (χ3v) is 5.07. The molecule has 1 aliphatic heterocycles. The summed E-state index contributed by atoms with van der Waals surface area (Å²) in [5.74, 6) is -0.251. The number of rotatable bonds is 8. The van der Waals surface area contributed by atoms with Gasteiger partial charge < -0.3 is 14.8 Å². The molecule has 0 saturated carbocycles. The number of carbonyl (C=O) groups is 3. The lowest BCUT2D eigenvalue weighted by Crippen LogP contribution is -2.20. The fraction of sp³-hybridized carbons (Fsp3) is 0.154. The van der Waals surface area contributed by atoms with Crippen molar-refractivity contribution in [2.24, 2.45) is 0 Å². The van der Waals surface area contributed by atoms with Gasteiger partial charge in [0.15, 0.2) is 12.4 Å². The average molecular weight is 442 g/mol. The highest BCUT2D eigenvalue weighted by atomic mass is 16.5. The number of hydrogen-bond donors (Lipinski definition) is 1. The van der Waals surface area contributed by atoms with Crippen LogP contribution in [0.3, 0.4) is 0 Å². The van der Waals surface area contributed by atoms with E-state index in [9.17, 15) is 14.4 Å². The Bertz CT molecular complexity index is 1190. The Hall–Kier alpha value is -4.26. The van der Waals surface area contributed by atoms with Gasteiger partial charge in [0.1, 0.15) is 12.4 Å². The first-order valence-electron chi connectivity index (χ1n) is 10.5. The van der Waals surface area contributed by atoms with E-state index in [0.717, 1.165) is 22.5 Å². The van der Waals surface area contributed by atoms with Crippen molar-refractivity contribution in [1.82, 2.24) is 4.98 Å². The van der Waals surface area contributed by atoms with Gasteiger partial charge in [0.2, 0.25) is 5.91 Å². The van der Waals surface area contributed by atoms with Crippen LogP contribution in [0.5, 0.6) is 5.75 Å². The van der Waals surface area contributed by atoms with Gasteiger partial charge >= 0.3 is 5.97 Å². The van der Waals surface area contributed by atoms with Crippen molar-refractivity contribution < 1.29 is 23.9 Å². The van der Waals surface area contributed by atoms with Crippen molar-refractivity contribution in [3.05, 3.63) is 95.3 Å².